The second-order valence-electron chi connectivity index (χ2n) is 6.65. The third kappa shape index (κ3) is 3.78. The van der Waals surface area contributed by atoms with Gasteiger partial charge in [-0.25, -0.2) is 0 Å². The fraction of sp³-hybridized carbons (Fsp3) is 0.667. The van der Waals surface area contributed by atoms with Gasteiger partial charge in [-0.1, -0.05) is 19.1 Å². The quantitative estimate of drug-likeness (QED) is 0.918. The SMILES string of the molecule is CCN1CC[C@H](NC2CCN(c3cccc(C)c3)CC2)C1. The van der Waals surface area contributed by atoms with Crippen LogP contribution in [-0.4, -0.2) is 49.7 Å². The maximum Gasteiger partial charge on any atom is 0.0368 e. The summed E-state index contributed by atoms with van der Waals surface area (Å²) in [4.78, 5) is 5.09. The first kappa shape index (κ1) is 14.9. The first-order valence-electron chi connectivity index (χ1n) is 8.54. The molecule has 0 saturated carbocycles. The Hall–Kier alpha value is -1.06. The Balaban J connectivity index is 1.47. The number of hydrogen-bond acceptors (Lipinski definition) is 3. The molecule has 1 atom stereocenters. The molecule has 21 heavy (non-hydrogen) atoms. The van der Waals surface area contributed by atoms with Crippen LogP contribution in [0, 0.1) is 6.92 Å². The zero-order valence-corrected chi connectivity index (χ0v) is 13.5. The summed E-state index contributed by atoms with van der Waals surface area (Å²) in [6, 6.07) is 10.3. The largest absolute Gasteiger partial charge is 0.371 e. The number of nitrogens with zero attached hydrogens (tertiary/aromatic N) is 2. The summed E-state index contributed by atoms with van der Waals surface area (Å²) < 4.78 is 0. The predicted molar refractivity (Wildman–Crippen MR) is 90.1 cm³/mol. The molecule has 0 aromatic heterocycles. The molecule has 0 bridgehead atoms. The van der Waals surface area contributed by atoms with E-state index in [-0.39, 0.29) is 0 Å². The Bertz CT molecular complexity index is 452. The molecule has 0 aliphatic carbocycles. The van der Waals surface area contributed by atoms with E-state index in [2.05, 4.69) is 53.2 Å². The van der Waals surface area contributed by atoms with E-state index in [1.54, 1.807) is 0 Å². The van der Waals surface area contributed by atoms with Crippen LogP contribution in [0.3, 0.4) is 0 Å². The van der Waals surface area contributed by atoms with E-state index in [4.69, 9.17) is 0 Å². The van der Waals surface area contributed by atoms with Gasteiger partial charge in [0.25, 0.3) is 0 Å². The van der Waals surface area contributed by atoms with Gasteiger partial charge in [-0.3, -0.25) is 0 Å². The summed E-state index contributed by atoms with van der Waals surface area (Å²) in [5.41, 5.74) is 2.75. The molecular formula is C18H29N3. The van der Waals surface area contributed by atoms with Crippen LogP contribution < -0.4 is 10.2 Å². The van der Waals surface area contributed by atoms with Crippen LogP contribution in [0.4, 0.5) is 5.69 Å². The molecule has 0 amide bonds. The van der Waals surface area contributed by atoms with E-state index >= 15 is 0 Å². The normalized spacial score (nSPS) is 24.7. The minimum absolute atomic E-state index is 0.716. The minimum Gasteiger partial charge on any atom is -0.371 e. The van der Waals surface area contributed by atoms with Crippen LogP contribution in [0.5, 0.6) is 0 Å². The highest BCUT2D eigenvalue weighted by molar-refractivity contribution is 5.48. The lowest BCUT2D eigenvalue weighted by Crippen LogP contribution is -2.47. The molecule has 2 aliphatic heterocycles. The molecule has 1 aromatic rings. The van der Waals surface area contributed by atoms with Crippen LogP contribution >= 0.6 is 0 Å². The highest BCUT2D eigenvalue weighted by Crippen LogP contribution is 2.22. The average molecular weight is 287 g/mol. The van der Waals surface area contributed by atoms with E-state index < -0.39 is 0 Å². The van der Waals surface area contributed by atoms with E-state index in [0.717, 1.165) is 6.04 Å². The number of hydrogen-bond donors (Lipinski definition) is 1. The topological polar surface area (TPSA) is 18.5 Å². The monoisotopic (exact) mass is 287 g/mol. The maximum atomic E-state index is 3.90. The second kappa shape index (κ2) is 6.80. The molecule has 0 radical (unpaired) electrons. The third-order valence-corrected chi connectivity index (χ3v) is 5.05. The first-order valence-corrected chi connectivity index (χ1v) is 8.54. The molecular weight excluding hydrogens is 258 g/mol. The maximum absolute atomic E-state index is 3.90. The third-order valence-electron chi connectivity index (χ3n) is 5.05. The van der Waals surface area contributed by atoms with Gasteiger partial charge in [0.2, 0.25) is 0 Å². The van der Waals surface area contributed by atoms with Crippen LogP contribution in [0.1, 0.15) is 31.7 Å². The van der Waals surface area contributed by atoms with Gasteiger partial charge >= 0.3 is 0 Å². The summed E-state index contributed by atoms with van der Waals surface area (Å²) in [6.07, 6.45) is 3.87. The highest BCUT2D eigenvalue weighted by atomic mass is 15.2. The fourth-order valence-corrected chi connectivity index (χ4v) is 3.72. The van der Waals surface area contributed by atoms with Crippen molar-refractivity contribution in [3.05, 3.63) is 29.8 Å². The molecule has 3 heteroatoms. The number of aryl methyl sites for hydroxylation is 1. The number of anilines is 1. The summed E-state index contributed by atoms with van der Waals surface area (Å²) in [6.45, 7) is 10.5. The van der Waals surface area contributed by atoms with Gasteiger partial charge in [0, 0.05) is 37.4 Å². The van der Waals surface area contributed by atoms with Crippen LogP contribution in [0.15, 0.2) is 24.3 Å². The molecule has 1 aromatic carbocycles. The van der Waals surface area contributed by atoms with E-state index in [1.165, 1.54) is 63.2 Å². The van der Waals surface area contributed by atoms with Gasteiger partial charge in [-0.2, -0.15) is 0 Å². The van der Waals surface area contributed by atoms with Crippen molar-refractivity contribution in [2.75, 3.05) is 37.6 Å². The van der Waals surface area contributed by atoms with Crippen molar-refractivity contribution >= 4 is 5.69 Å². The zero-order chi connectivity index (χ0) is 14.7. The number of rotatable bonds is 4. The van der Waals surface area contributed by atoms with Gasteiger partial charge in [-0.05, 0) is 57.0 Å². The summed E-state index contributed by atoms with van der Waals surface area (Å²) >= 11 is 0. The number of nitrogens with one attached hydrogen (secondary N) is 1. The van der Waals surface area contributed by atoms with Gasteiger partial charge in [0.05, 0.1) is 0 Å². The Labute approximate surface area is 129 Å². The predicted octanol–water partition coefficient (Wildman–Crippen LogP) is 2.65. The van der Waals surface area contributed by atoms with Crippen molar-refractivity contribution in [1.82, 2.24) is 10.2 Å². The Morgan fingerprint density at radius 1 is 1.10 bits per heavy atom. The first-order chi connectivity index (χ1) is 10.2. The van der Waals surface area contributed by atoms with Crippen molar-refractivity contribution in [2.45, 2.75) is 45.2 Å². The summed E-state index contributed by atoms with van der Waals surface area (Å²) in [5.74, 6) is 0. The minimum atomic E-state index is 0.716. The van der Waals surface area contributed by atoms with Crippen molar-refractivity contribution in [2.24, 2.45) is 0 Å². The summed E-state index contributed by atoms with van der Waals surface area (Å²) in [7, 11) is 0. The zero-order valence-electron chi connectivity index (χ0n) is 13.5. The van der Waals surface area contributed by atoms with Gasteiger partial charge in [-0.15, -0.1) is 0 Å². The van der Waals surface area contributed by atoms with Gasteiger partial charge < -0.3 is 15.1 Å². The molecule has 2 aliphatic rings. The lowest BCUT2D eigenvalue weighted by atomic mass is 10.0. The van der Waals surface area contributed by atoms with Gasteiger partial charge in [0.15, 0.2) is 0 Å². The lowest BCUT2D eigenvalue weighted by molar-refractivity contribution is 0.325. The number of likely N-dealkylation sites (tertiary alicyclic amines) is 1. The van der Waals surface area contributed by atoms with Crippen molar-refractivity contribution in [3.63, 3.8) is 0 Å². The number of benzene rings is 1. The standard InChI is InChI=1S/C18H29N3/c1-3-20-10-7-17(14-20)19-16-8-11-21(12-9-16)18-6-4-5-15(2)13-18/h4-6,13,16-17,19H,3,7-12,14H2,1-2H3/t17-/m0/s1. The molecule has 2 saturated heterocycles. The van der Waals surface area contributed by atoms with Crippen molar-refractivity contribution in [1.29, 1.82) is 0 Å². The van der Waals surface area contributed by atoms with Crippen molar-refractivity contribution < 1.29 is 0 Å². The summed E-state index contributed by atoms with van der Waals surface area (Å²) in [5, 5.41) is 3.90. The second-order valence-corrected chi connectivity index (χ2v) is 6.65. The highest BCUT2D eigenvalue weighted by Gasteiger charge is 2.26. The average Bonchev–Trinajstić information content (AvgIpc) is 2.96. The Morgan fingerprint density at radius 2 is 1.86 bits per heavy atom. The Kier molecular flexibility index (Phi) is 4.81. The molecule has 116 valence electrons. The molecule has 0 spiro atoms. The van der Waals surface area contributed by atoms with Crippen LogP contribution in [0.2, 0.25) is 0 Å². The van der Waals surface area contributed by atoms with Crippen molar-refractivity contribution in [3.8, 4) is 0 Å². The molecule has 2 heterocycles. The number of piperidine rings is 1. The molecule has 3 rings (SSSR count). The molecule has 2 fully saturated rings. The molecule has 1 N–H and O–H groups in total. The van der Waals surface area contributed by atoms with E-state index in [0.29, 0.717) is 6.04 Å². The fourth-order valence-electron chi connectivity index (χ4n) is 3.72. The lowest BCUT2D eigenvalue weighted by Gasteiger charge is -2.35. The smallest absolute Gasteiger partial charge is 0.0368 e. The number of likely N-dealkylation sites (N-methyl/N-ethyl adjacent to an activating group) is 1. The van der Waals surface area contributed by atoms with Gasteiger partial charge in [0.1, 0.15) is 0 Å². The van der Waals surface area contributed by atoms with E-state index in [9.17, 15) is 0 Å². The van der Waals surface area contributed by atoms with E-state index in [1.807, 2.05) is 0 Å². The molecule has 0 unspecified atom stereocenters. The Morgan fingerprint density at radius 3 is 2.52 bits per heavy atom. The molecule has 3 nitrogen and oxygen atoms in total. The van der Waals surface area contributed by atoms with Crippen LogP contribution in [-0.2, 0) is 0 Å². The van der Waals surface area contributed by atoms with Crippen LogP contribution in [0.25, 0.3) is 0 Å².